The highest BCUT2D eigenvalue weighted by Crippen LogP contribution is 2.43. The van der Waals surface area contributed by atoms with E-state index in [1.807, 2.05) is 0 Å². The second-order valence-corrected chi connectivity index (χ2v) is 8.83. The lowest BCUT2D eigenvalue weighted by Gasteiger charge is -2.15. The maximum absolute atomic E-state index is 13.1. The van der Waals surface area contributed by atoms with Crippen LogP contribution in [0.3, 0.4) is 0 Å². The third-order valence-corrected chi connectivity index (χ3v) is 6.30. The van der Waals surface area contributed by atoms with Gasteiger partial charge in [0.25, 0.3) is 0 Å². The molecule has 1 aliphatic rings. The van der Waals surface area contributed by atoms with E-state index < -0.39 is 12.8 Å². The van der Waals surface area contributed by atoms with Crippen LogP contribution in [0, 0.1) is 0 Å². The van der Waals surface area contributed by atoms with Gasteiger partial charge in [-0.2, -0.15) is 19.0 Å². The average molecular weight is 458 g/mol. The minimum Gasteiger partial charge on any atom is -0.434 e. The first-order chi connectivity index (χ1) is 15.5. The van der Waals surface area contributed by atoms with Gasteiger partial charge < -0.3 is 15.2 Å². The Bertz CT molecular complexity index is 1260. The number of aliphatic hydroxyl groups excluding tert-OH is 1. The number of aromatic nitrogens is 5. The number of halogens is 2. The third-order valence-electron chi connectivity index (χ3n) is 4.97. The van der Waals surface area contributed by atoms with Gasteiger partial charge in [0, 0.05) is 41.3 Å². The molecule has 166 valence electrons. The van der Waals surface area contributed by atoms with Crippen LogP contribution < -0.4 is 10.1 Å². The summed E-state index contributed by atoms with van der Waals surface area (Å²) in [6.07, 6.45) is 7.68. The van der Waals surface area contributed by atoms with Gasteiger partial charge in [-0.25, -0.2) is 9.50 Å². The van der Waals surface area contributed by atoms with Gasteiger partial charge in [-0.05, 0) is 37.1 Å². The van der Waals surface area contributed by atoms with E-state index in [2.05, 4.69) is 20.5 Å². The van der Waals surface area contributed by atoms with Gasteiger partial charge in [-0.3, -0.25) is 4.68 Å². The van der Waals surface area contributed by atoms with Crippen LogP contribution in [0.4, 0.5) is 14.5 Å². The molecule has 3 aromatic heterocycles. The van der Waals surface area contributed by atoms with Crippen LogP contribution in [0.2, 0.25) is 0 Å². The number of alkyl halides is 2. The van der Waals surface area contributed by atoms with E-state index in [1.54, 1.807) is 64.8 Å². The maximum atomic E-state index is 13.1. The lowest BCUT2D eigenvalue weighted by atomic mass is 10.1. The second kappa shape index (κ2) is 8.40. The van der Waals surface area contributed by atoms with Crippen molar-refractivity contribution in [1.82, 2.24) is 24.4 Å². The number of nitrogens with zero attached hydrogens (tertiary/aromatic N) is 5. The summed E-state index contributed by atoms with van der Waals surface area (Å²) in [6, 6.07) is 6.85. The Kier molecular flexibility index (Phi) is 5.43. The molecule has 0 amide bonds. The molecule has 8 nitrogen and oxygen atoms in total. The predicted octanol–water partition coefficient (Wildman–Crippen LogP) is 4.09. The van der Waals surface area contributed by atoms with E-state index in [0.717, 1.165) is 17.7 Å². The highest BCUT2D eigenvalue weighted by Gasteiger charge is 2.25. The topological polar surface area (TPSA) is 89.5 Å². The highest BCUT2D eigenvalue weighted by molar-refractivity contribution is 8.00. The van der Waals surface area contributed by atoms with Crippen molar-refractivity contribution >= 4 is 23.1 Å². The van der Waals surface area contributed by atoms with E-state index >= 15 is 0 Å². The van der Waals surface area contributed by atoms with Gasteiger partial charge in [0.2, 0.25) is 0 Å². The van der Waals surface area contributed by atoms with E-state index in [0.29, 0.717) is 33.4 Å². The molecule has 0 bridgehead atoms. The molecule has 2 N–H and O–H groups in total. The molecular weight excluding hydrogens is 438 g/mol. The molecule has 1 aliphatic carbocycles. The van der Waals surface area contributed by atoms with Gasteiger partial charge in [-0.15, -0.1) is 11.8 Å². The average Bonchev–Trinajstić information content (AvgIpc) is 3.34. The van der Waals surface area contributed by atoms with Crippen LogP contribution >= 0.6 is 11.8 Å². The van der Waals surface area contributed by atoms with Crippen LogP contribution in [0.15, 0.2) is 53.9 Å². The molecule has 0 radical (unpaired) electrons. The molecule has 32 heavy (non-hydrogen) atoms. The Morgan fingerprint density at radius 3 is 2.94 bits per heavy atom. The zero-order valence-electron chi connectivity index (χ0n) is 17.0. The first-order valence-electron chi connectivity index (χ1n) is 10.0. The number of hydrogen-bond acceptors (Lipinski definition) is 7. The molecule has 0 spiro atoms. The minimum atomic E-state index is -2.97. The Balaban J connectivity index is 1.51. The molecule has 11 heteroatoms. The number of thioether (sulfide) groups is 1. The van der Waals surface area contributed by atoms with Crippen molar-refractivity contribution in [2.24, 2.45) is 7.05 Å². The molecule has 1 unspecified atom stereocenters. The largest absolute Gasteiger partial charge is 0.434 e. The number of aryl methyl sites for hydroxylation is 1. The number of ether oxygens (including phenoxy) is 1. The quantitative estimate of drug-likeness (QED) is 0.385. The van der Waals surface area contributed by atoms with Crippen LogP contribution in [0.1, 0.15) is 24.6 Å². The summed E-state index contributed by atoms with van der Waals surface area (Å²) >= 11 is 1.71. The van der Waals surface area contributed by atoms with Crippen molar-refractivity contribution in [2.45, 2.75) is 35.8 Å². The zero-order chi connectivity index (χ0) is 22.2. The SMILES string of the molecule is Cn1cc(NC(O)c2cnn3cccnc23)c(-c2cc(SC3CC3)ccc2OC(F)F)n1. The Labute approximate surface area is 186 Å². The number of nitrogens with one attached hydrogen (secondary N) is 1. The molecule has 5 rings (SSSR count). The van der Waals surface area contributed by atoms with Crippen molar-refractivity contribution in [3.8, 4) is 17.0 Å². The van der Waals surface area contributed by atoms with E-state index in [-0.39, 0.29) is 5.75 Å². The molecule has 3 heterocycles. The van der Waals surface area contributed by atoms with Gasteiger partial charge in [0.05, 0.1) is 17.4 Å². The zero-order valence-corrected chi connectivity index (χ0v) is 17.8. The van der Waals surface area contributed by atoms with E-state index in [4.69, 9.17) is 4.74 Å². The van der Waals surface area contributed by atoms with Gasteiger partial charge in [-0.1, -0.05) is 0 Å². The van der Waals surface area contributed by atoms with Crippen molar-refractivity contribution < 1.29 is 18.6 Å². The lowest BCUT2D eigenvalue weighted by Crippen LogP contribution is -2.10. The Morgan fingerprint density at radius 1 is 1.31 bits per heavy atom. The number of aliphatic hydroxyl groups is 1. The monoisotopic (exact) mass is 458 g/mol. The van der Waals surface area contributed by atoms with Gasteiger partial charge in [0.1, 0.15) is 11.4 Å². The number of hydrogen-bond donors (Lipinski definition) is 2. The number of benzene rings is 1. The summed E-state index contributed by atoms with van der Waals surface area (Å²) in [6.45, 7) is -2.97. The standard InChI is InChI=1S/C21H20F2N6O2S/c1-28-11-16(26-20(30)15-10-25-29-8-2-7-24-19(15)29)18(27-28)14-9-13(32-12-3-4-12)5-6-17(14)31-21(22)23/h2,5-12,20-21,26,30H,3-4H2,1H3. The van der Waals surface area contributed by atoms with Crippen LogP contribution in [0.5, 0.6) is 5.75 Å². The highest BCUT2D eigenvalue weighted by atomic mass is 32.2. The first kappa shape index (κ1) is 20.7. The molecule has 1 aromatic carbocycles. The molecular formula is C21H20F2N6O2S. The fraction of sp³-hybridized carbons (Fsp3) is 0.286. The summed E-state index contributed by atoms with van der Waals surface area (Å²) in [5, 5.41) is 23.0. The van der Waals surface area contributed by atoms with E-state index in [9.17, 15) is 13.9 Å². The molecule has 1 atom stereocenters. The molecule has 1 saturated carbocycles. The van der Waals surface area contributed by atoms with Crippen molar-refractivity contribution in [1.29, 1.82) is 0 Å². The summed E-state index contributed by atoms with van der Waals surface area (Å²) < 4.78 is 34.0. The van der Waals surface area contributed by atoms with Crippen molar-refractivity contribution in [3.63, 3.8) is 0 Å². The summed E-state index contributed by atoms with van der Waals surface area (Å²) in [5.74, 6) is 0.0223. The summed E-state index contributed by atoms with van der Waals surface area (Å²) in [5.41, 5.74) is 2.25. The van der Waals surface area contributed by atoms with Crippen LogP contribution in [-0.4, -0.2) is 41.3 Å². The fourth-order valence-electron chi connectivity index (χ4n) is 3.40. The lowest BCUT2D eigenvalue weighted by molar-refractivity contribution is -0.0494. The fourth-order valence-corrected chi connectivity index (χ4v) is 4.49. The normalized spacial score (nSPS) is 14.8. The van der Waals surface area contributed by atoms with E-state index in [1.165, 1.54) is 12.3 Å². The minimum absolute atomic E-state index is 0.0223. The number of anilines is 1. The summed E-state index contributed by atoms with van der Waals surface area (Å²) in [7, 11) is 1.72. The Hall–Kier alpha value is -3.18. The Morgan fingerprint density at radius 2 is 2.16 bits per heavy atom. The smallest absolute Gasteiger partial charge is 0.387 e. The predicted molar refractivity (Wildman–Crippen MR) is 116 cm³/mol. The van der Waals surface area contributed by atoms with Crippen molar-refractivity contribution in [3.05, 3.63) is 54.6 Å². The molecule has 4 aromatic rings. The maximum Gasteiger partial charge on any atom is 0.387 e. The number of rotatable bonds is 8. The first-order valence-corrected chi connectivity index (χ1v) is 10.9. The molecule has 1 fully saturated rings. The van der Waals surface area contributed by atoms with Crippen LogP contribution in [0.25, 0.3) is 16.9 Å². The molecule has 0 saturated heterocycles. The van der Waals surface area contributed by atoms with Crippen LogP contribution in [-0.2, 0) is 7.05 Å². The van der Waals surface area contributed by atoms with Crippen molar-refractivity contribution in [2.75, 3.05) is 5.32 Å². The summed E-state index contributed by atoms with van der Waals surface area (Å²) in [4.78, 5) is 5.21. The van der Waals surface area contributed by atoms with Gasteiger partial charge in [0.15, 0.2) is 11.9 Å². The third kappa shape index (κ3) is 4.26. The number of fused-ring (bicyclic) bond motifs is 1. The molecule has 0 aliphatic heterocycles. The van der Waals surface area contributed by atoms with Gasteiger partial charge >= 0.3 is 6.61 Å². The second-order valence-electron chi connectivity index (χ2n) is 7.45.